The summed E-state index contributed by atoms with van der Waals surface area (Å²) >= 11 is 0. The Morgan fingerprint density at radius 2 is 2.05 bits per heavy atom. The summed E-state index contributed by atoms with van der Waals surface area (Å²) in [6, 6.07) is 0.463. The van der Waals surface area contributed by atoms with Crippen molar-refractivity contribution in [2.75, 3.05) is 19.6 Å². The molecule has 0 aromatic rings. The van der Waals surface area contributed by atoms with Crippen molar-refractivity contribution in [3.63, 3.8) is 0 Å². The Labute approximate surface area is 126 Å². The van der Waals surface area contributed by atoms with Crippen LogP contribution in [0.3, 0.4) is 0 Å². The maximum Gasteiger partial charge on any atom is 0.241 e. The SMILES string of the molecule is O=C(CN1CC(O)(C2CC2)C1)N(C1=CCCCC1)C1CC1. The van der Waals surface area contributed by atoms with Gasteiger partial charge < -0.3 is 10.0 Å². The zero-order valence-electron chi connectivity index (χ0n) is 12.8. The van der Waals surface area contributed by atoms with Crippen molar-refractivity contribution in [1.82, 2.24) is 9.80 Å². The average molecular weight is 290 g/mol. The summed E-state index contributed by atoms with van der Waals surface area (Å²) in [5.41, 5.74) is 0.793. The van der Waals surface area contributed by atoms with Crippen LogP contribution in [0.25, 0.3) is 0 Å². The van der Waals surface area contributed by atoms with Gasteiger partial charge in [0.15, 0.2) is 0 Å². The number of aliphatic hydroxyl groups is 1. The minimum Gasteiger partial charge on any atom is -0.387 e. The van der Waals surface area contributed by atoms with Crippen LogP contribution >= 0.6 is 0 Å². The molecule has 0 spiro atoms. The van der Waals surface area contributed by atoms with Crippen LogP contribution in [0.4, 0.5) is 0 Å². The lowest BCUT2D eigenvalue weighted by Crippen LogP contribution is -2.64. The number of allylic oxidation sites excluding steroid dienone is 2. The fourth-order valence-corrected chi connectivity index (χ4v) is 3.96. The molecule has 3 fully saturated rings. The second-order valence-electron chi connectivity index (χ2n) is 7.46. The van der Waals surface area contributed by atoms with Crippen LogP contribution in [-0.4, -0.2) is 52.1 Å². The van der Waals surface area contributed by atoms with Gasteiger partial charge in [-0.3, -0.25) is 9.69 Å². The molecule has 4 rings (SSSR count). The topological polar surface area (TPSA) is 43.8 Å². The highest BCUT2D eigenvalue weighted by Gasteiger charge is 2.52. The van der Waals surface area contributed by atoms with E-state index in [1.165, 1.54) is 31.4 Å². The van der Waals surface area contributed by atoms with Crippen LogP contribution < -0.4 is 0 Å². The first-order chi connectivity index (χ1) is 10.2. The van der Waals surface area contributed by atoms with Crippen molar-refractivity contribution < 1.29 is 9.90 Å². The zero-order chi connectivity index (χ0) is 14.4. The minimum atomic E-state index is -0.477. The Morgan fingerprint density at radius 1 is 1.29 bits per heavy atom. The molecule has 1 aliphatic heterocycles. The largest absolute Gasteiger partial charge is 0.387 e. The maximum absolute atomic E-state index is 12.7. The average Bonchev–Trinajstić information content (AvgIpc) is 3.30. The molecule has 1 amide bonds. The van der Waals surface area contributed by atoms with Crippen molar-refractivity contribution in [2.45, 2.75) is 63.0 Å². The van der Waals surface area contributed by atoms with Gasteiger partial charge in [-0.2, -0.15) is 0 Å². The molecule has 3 aliphatic carbocycles. The van der Waals surface area contributed by atoms with E-state index in [2.05, 4.69) is 15.9 Å². The first kappa shape index (κ1) is 13.8. The first-order valence-corrected chi connectivity index (χ1v) is 8.61. The van der Waals surface area contributed by atoms with Gasteiger partial charge in [-0.15, -0.1) is 0 Å². The van der Waals surface area contributed by atoms with Crippen LogP contribution in [0.15, 0.2) is 11.8 Å². The molecule has 0 radical (unpaired) electrons. The Hall–Kier alpha value is -0.870. The quantitative estimate of drug-likeness (QED) is 0.841. The minimum absolute atomic E-state index is 0.253. The maximum atomic E-state index is 12.7. The summed E-state index contributed by atoms with van der Waals surface area (Å²) in [6.45, 7) is 1.88. The fourth-order valence-electron chi connectivity index (χ4n) is 3.96. The van der Waals surface area contributed by atoms with Gasteiger partial charge in [0.1, 0.15) is 0 Å². The van der Waals surface area contributed by atoms with Crippen molar-refractivity contribution >= 4 is 5.91 Å². The lowest BCUT2D eigenvalue weighted by atomic mass is 9.89. The fraction of sp³-hybridized carbons (Fsp3) is 0.824. The standard InChI is InChI=1S/C17H26N2O2/c20-16(10-18-11-17(21,12-18)13-6-7-13)19(15-8-9-15)14-4-2-1-3-5-14/h4,13,15,21H,1-3,5-12H2. The normalized spacial score (nSPS) is 28.7. The Kier molecular flexibility index (Phi) is 3.34. The smallest absolute Gasteiger partial charge is 0.241 e. The van der Waals surface area contributed by atoms with Crippen LogP contribution in [0.5, 0.6) is 0 Å². The highest BCUT2D eigenvalue weighted by molar-refractivity contribution is 5.81. The van der Waals surface area contributed by atoms with Gasteiger partial charge in [0.25, 0.3) is 0 Å². The van der Waals surface area contributed by atoms with Crippen LogP contribution in [-0.2, 0) is 4.79 Å². The van der Waals surface area contributed by atoms with Crippen molar-refractivity contribution in [1.29, 1.82) is 0 Å². The van der Waals surface area contributed by atoms with E-state index in [0.29, 0.717) is 31.6 Å². The summed E-state index contributed by atoms with van der Waals surface area (Å²) in [4.78, 5) is 16.9. The Morgan fingerprint density at radius 3 is 2.62 bits per heavy atom. The molecule has 0 unspecified atom stereocenters. The Bertz CT molecular complexity index is 459. The molecule has 0 atom stereocenters. The second-order valence-corrected chi connectivity index (χ2v) is 7.46. The molecule has 1 heterocycles. The van der Waals surface area contributed by atoms with Crippen LogP contribution in [0, 0.1) is 5.92 Å². The van der Waals surface area contributed by atoms with E-state index in [4.69, 9.17) is 0 Å². The number of nitrogens with zero attached hydrogens (tertiary/aromatic N) is 2. The highest BCUT2D eigenvalue weighted by atomic mass is 16.3. The molecule has 21 heavy (non-hydrogen) atoms. The number of β-amino-alcohol motifs (C(OH)–C–C–N with tert-alkyl or cyclic N) is 1. The highest BCUT2D eigenvalue weighted by Crippen LogP contribution is 2.44. The molecule has 0 aromatic carbocycles. The zero-order valence-corrected chi connectivity index (χ0v) is 12.8. The lowest BCUT2D eigenvalue weighted by Gasteiger charge is -2.47. The number of rotatable bonds is 5. The Balaban J connectivity index is 1.35. The molecular weight excluding hydrogens is 264 g/mol. The molecule has 0 aromatic heterocycles. The third kappa shape index (κ3) is 2.76. The van der Waals surface area contributed by atoms with E-state index >= 15 is 0 Å². The summed E-state index contributed by atoms with van der Waals surface area (Å²) in [6.07, 6.45) is 11.6. The van der Waals surface area contributed by atoms with E-state index in [0.717, 1.165) is 25.7 Å². The predicted octanol–water partition coefficient (Wildman–Crippen LogP) is 1.89. The summed E-state index contributed by atoms with van der Waals surface area (Å²) in [7, 11) is 0. The molecule has 1 N–H and O–H groups in total. The van der Waals surface area contributed by atoms with E-state index in [1.807, 2.05) is 0 Å². The van der Waals surface area contributed by atoms with Crippen molar-refractivity contribution in [3.8, 4) is 0 Å². The summed E-state index contributed by atoms with van der Waals surface area (Å²) in [5.74, 6) is 0.757. The third-order valence-electron chi connectivity index (χ3n) is 5.45. The number of carbonyl (C=O) groups excluding carboxylic acids is 1. The number of carbonyl (C=O) groups is 1. The molecule has 4 aliphatic rings. The summed E-state index contributed by atoms with van der Waals surface area (Å²) < 4.78 is 0. The second kappa shape index (κ2) is 5.10. The van der Waals surface area contributed by atoms with Gasteiger partial charge >= 0.3 is 0 Å². The van der Waals surface area contributed by atoms with Crippen LogP contribution in [0.1, 0.15) is 51.4 Å². The lowest BCUT2D eigenvalue weighted by molar-refractivity contribution is -0.143. The third-order valence-corrected chi connectivity index (χ3v) is 5.45. The van der Waals surface area contributed by atoms with E-state index < -0.39 is 5.60 Å². The van der Waals surface area contributed by atoms with Gasteiger partial charge in [0.2, 0.25) is 5.91 Å². The van der Waals surface area contributed by atoms with Crippen molar-refractivity contribution in [2.24, 2.45) is 5.92 Å². The number of hydrogen-bond donors (Lipinski definition) is 1. The molecule has 2 saturated carbocycles. The predicted molar refractivity (Wildman–Crippen MR) is 80.5 cm³/mol. The van der Waals surface area contributed by atoms with Gasteiger partial charge in [-0.1, -0.05) is 6.08 Å². The molecular formula is C17H26N2O2. The monoisotopic (exact) mass is 290 g/mol. The molecule has 4 heteroatoms. The van der Waals surface area contributed by atoms with Gasteiger partial charge in [-0.25, -0.2) is 0 Å². The molecule has 4 nitrogen and oxygen atoms in total. The van der Waals surface area contributed by atoms with E-state index in [1.54, 1.807) is 0 Å². The van der Waals surface area contributed by atoms with Crippen molar-refractivity contribution in [3.05, 3.63) is 11.8 Å². The van der Waals surface area contributed by atoms with E-state index in [9.17, 15) is 9.90 Å². The molecule has 0 bridgehead atoms. The summed E-state index contributed by atoms with van der Waals surface area (Å²) in [5, 5.41) is 10.4. The van der Waals surface area contributed by atoms with E-state index in [-0.39, 0.29) is 5.91 Å². The molecule has 1 saturated heterocycles. The van der Waals surface area contributed by atoms with Gasteiger partial charge in [0.05, 0.1) is 12.1 Å². The first-order valence-electron chi connectivity index (χ1n) is 8.61. The van der Waals surface area contributed by atoms with Gasteiger partial charge in [-0.05, 0) is 57.3 Å². The number of hydrogen-bond acceptors (Lipinski definition) is 3. The van der Waals surface area contributed by atoms with Gasteiger partial charge in [0, 0.05) is 24.8 Å². The van der Waals surface area contributed by atoms with Crippen LogP contribution in [0.2, 0.25) is 0 Å². The molecule has 116 valence electrons. The number of amides is 1. The number of likely N-dealkylation sites (tertiary alicyclic amines) is 1.